The Morgan fingerprint density at radius 2 is 0.731 bits per heavy atom. The summed E-state index contributed by atoms with van der Waals surface area (Å²) >= 11 is 0. The van der Waals surface area contributed by atoms with Crippen molar-refractivity contribution in [2.75, 3.05) is 47.5 Å². The molecule has 0 aromatic rings. The van der Waals surface area contributed by atoms with Crippen molar-refractivity contribution < 1.29 is 42.1 Å². The SMILES string of the molecule is CC/C=C\C/C=C\C/C=C\C/C=C\C/C=C\CCCCCCCCCCCCCCCCCCCCCC(=O)OC(COC(=O)CCCCCCCCCCC/C=C\CCCCCCCC)COP(=O)([O-])OCC[N+](C)(C)C. The van der Waals surface area contributed by atoms with E-state index >= 15 is 0 Å². The van der Waals surface area contributed by atoms with Gasteiger partial charge in [0.25, 0.3) is 7.82 Å². The number of phosphoric ester groups is 1. The number of unbranched alkanes of at least 4 members (excludes halogenated alkanes) is 34. The molecule has 0 saturated carbocycles. The zero-order chi connectivity index (χ0) is 57.0. The normalized spacial score (nSPS) is 13.7. The maximum absolute atomic E-state index is 12.8. The number of hydrogen-bond acceptors (Lipinski definition) is 8. The van der Waals surface area contributed by atoms with Crippen molar-refractivity contribution in [1.82, 2.24) is 0 Å². The maximum Gasteiger partial charge on any atom is 0.306 e. The van der Waals surface area contributed by atoms with Crippen LogP contribution < -0.4 is 4.89 Å². The van der Waals surface area contributed by atoms with Crippen LogP contribution in [-0.2, 0) is 32.7 Å². The lowest BCUT2D eigenvalue weighted by Gasteiger charge is -2.28. The molecule has 0 fully saturated rings. The van der Waals surface area contributed by atoms with Crippen molar-refractivity contribution in [2.24, 2.45) is 0 Å². The molecule has 0 aliphatic rings. The largest absolute Gasteiger partial charge is 0.756 e. The third kappa shape index (κ3) is 62.6. The quantitative estimate of drug-likeness (QED) is 0.0195. The maximum atomic E-state index is 12.8. The van der Waals surface area contributed by atoms with Gasteiger partial charge in [0, 0.05) is 12.8 Å². The first-order valence-corrected chi connectivity index (χ1v) is 34.1. The van der Waals surface area contributed by atoms with E-state index < -0.39 is 26.5 Å². The van der Waals surface area contributed by atoms with Gasteiger partial charge in [-0.1, -0.05) is 273 Å². The van der Waals surface area contributed by atoms with Gasteiger partial charge in [-0.3, -0.25) is 14.2 Å². The molecule has 78 heavy (non-hydrogen) atoms. The number of carbonyl (C=O) groups excluding carboxylic acids is 2. The molecule has 0 aliphatic heterocycles. The number of hydrogen-bond donors (Lipinski definition) is 0. The highest BCUT2D eigenvalue weighted by molar-refractivity contribution is 7.45. The molecule has 0 amide bonds. The second kappa shape index (κ2) is 59.1. The zero-order valence-electron chi connectivity index (χ0n) is 51.6. The lowest BCUT2D eigenvalue weighted by atomic mass is 10.0. The van der Waals surface area contributed by atoms with E-state index in [4.69, 9.17) is 18.5 Å². The van der Waals surface area contributed by atoms with Crippen LogP contribution in [0.5, 0.6) is 0 Å². The van der Waals surface area contributed by atoms with Gasteiger partial charge in [0.1, 0.15) is 19.8 Å². The second-order valence-electron chi connectivity index (χ2n) is 23.1. The number of esters is 2. The van der Waals surface area contributed by atoms with Gasteiger partial charge >= 0.3 is 11.9 Å². The number of nitrogens with zero attached hydrogens (tertiary/aromatic N) is 1. The Hall–Kier alpha value is -2.55. The molecule has 2 unspecified atom stereocenters. The van der Waals surface area contributed by atoms with Gasteiger partial charge in [0.2, 0.25) is 0 Å². The predicted octanol–water partition coefficient (Wildman–Crippen LogP) is 20.2. The first-order chi connectivity index (χ1) is 38.0. The third-order valence-corrected chi connectivity index (χ3v) is 15.2. The van der Waals surface area contributed by atoms with Crippen molar-refractivity contribution in [3.63, 3.8) is 0 Å². The molecule has 0 N–H and O–H groups in total. The smallest absolute Gasteiger partial charge is 0.306 e. The van der Waals surface area contributed by atoms with Gasteiger partial charge in [-0.25, -0.2) is 0 Å². The highest BCUT2D eigenvalue weighted by Crippen LogP contribution is 2.38. The van der Waals surface area contributed by atoms with E-state index in [2.05, 4.69) is 86.8 Å². The minimum atomic E-state index is -4.64. The van der Waals surface area contributed by atoms with Gasteiger partial charge in [0.05, 0.1) is 27.7 Å². The van der Waals surface area contributed by atoms with E-state index in [9.17, 15) is 19.0 Å². The Morgan fingerprint density at radius 3 is 1.10 bits per heavy atom. The Balaban J connectivity index is 4.01. The number of likely N-dealkylation sites (N-methyl/N-ethyl adjacent to an activating group) is 1. The van der Waals surface area contributed by atoms with E-state index in [-0.39, 0.29) is 32.0 Å². The Labute approximate surface area is 482 Å². The Morgan fingerprint density at radius 1 is 0.410 bits per heavy atom. The minimum absolute atomic E-state index is 0.0310. The molecule has 0 aromatic heterocycles. The molecular weight excluding hydrogens is 990 g/mol. The van der Waals surface area contributed by atoms with Crippen LogP contribution in [0.3, 0.4) is 0 Å². The van der Waals surface area contributed by atoms with Crippen molar-refractivity contribution in [2.45, 2.75) is 302 Å². The second-order valence-corrected chi connectivity index (χ2v) is 24.5. The van der Waals surface area contributed by atoms with Gasteiger partial charge < -0.3 is 27.9 Å². The van der Waals surface area contributed by atoms with Crippen LogP contribution in [0.4, 0.5) is 0 Å². The monoisotopic (exact) mass is 1110 g/mol. The molecule has 0 heterocycles. The number of rotatable bonds is 60. The molecule has 0 bridgehead atoms. The first-order valence-electron chi connectivity index (χ1n) is 32.6. The summed E-state index contributed by atoms with van der Waals surface area (Å²) in [6.07, 6.45) is 78.3. The number of allylic oxidation sites excluding steroid dienone is 12. The van der Waals surface area contributed by atoms with Crippen LogP contribution in [0.2, 0.25) is 0 Å². The number of carbonyl (C=O) groups is 2. The van der Waals surface area contributed by atoms with Crippen LogP contribution in [-0.4, -0.2) is 70.0 Å². The molecule has 0 rings (SSSR count). The fourth-order valence-corrected chi connectivity index (χ4v) is 9.94. The molecular formula is C68H124NO8P. The van der Waals surface area contributed by atoms with Crippen LogP contribution in [0.25, 0.3) is 0 Å². The highest BCUT2D eigenvalue weighted by atomic mass is 31.2. The summed E-state index contributed by atoms with van der Waals surface area (Å²) < 4.78 is 34.2. The summed E-state index contributed by atoms with van der Waals surface area (Å²) in [7, 11) is 1.17. The first kappa shape index (κ1) is 75.5. The average molecular weight is 1110 g/mol. The number of phosphoric acid groups is 1. The zero-order valence-corrected chi connectivity index (χ0v) is 52.5. The summed E-state index contributed by atoms with van der Waals surface area (Å²) in [5.74, 6) is -0.824. The van der Waals surface area contributed by atoms with E-state index in [1.54, 1.807) is 0 Å². The van der Waals surface area contributed by atoms with E-state index in [0.717, 1.165) is 70.6 Å². The molecule has 454 valence electrons. The van der Waals surface area contributed by atoms with E-state index in [1.807, 2.05) is 21.1 Å². The van der Waals surface area contributed by atoms with Gasteiger partial charge in [-0.05, 0) is 83.5 Å². The summed E-state index contributed by atoms with van der Waals surface area (Å²) in [6, 6.07) is 0. The van der Waals surface area contributed by atoms with Crippen molar-refractivity contribution in [3.05, 3.63) is 72.9 Å². The average Bonchev–Trinajstić information content (AvgIpc) is 3.41. The molecule has 0 saturated heterocycles. The standard InChI is InChI=1S/C68H124NO8P/c1-6-8-10-12-14-16-18-20-22-24-26-27-28-29-30-31-32-33-34-35-36-37-38-39-40-41-43-45-47-49-51-53-55-57-59-61-68(71)77-66(65-76-78(72,73)75-63-62-69(3,4)5)64-74-67(70)60-58-56-54-52-50-48-46-44-42-25-23-21-19-17-15-13-11-9-7-2/h8,10,14,16,20-23,26-27,29-30,66H,6-7,9,11-13,15,17-19,24-25,28,31-65H2,1-5H3/b10-8-,16-14-,22-20-,23-21-,27-26-,30-29-. The van der Waals surface area contributed by atoms with Gasteiger partial charge in [-0.2, -0.15) is 0 Å². The minimum Gasteiger partial charge on any atom is -0.756 e. The molecule has 10 heteroatoms. The van der Waals surface area contributed by atoms with Crippen LogP contribution >= 0.6 is 7.82 Å². The molecule has 0 spiro atoms. The van der Waals surface area contributed by atoms with Gasteiger partial charge in [-0.15, -0.1) is 0 Å². The predicted molar refractivity (Wildman–Crippen MR) is 333 cm³/mol. The number of quaternary nitrogens is 1. The Kier molecular flexibility index (Phi) is 57.2. The Bertz CT molecular complexity index is 1550. The number of ether oxygens (including phenoxy) is 2. The van der Waals surface area contributed by atoms with Crippen molar-refractivity contribution in [3.8, 4) is 0 Å². The highest BCUT2D eigenvalue weighted by Gasteiger charge is 2.22. The summed E-state index contributed by atoms with van der Waals surface area (Å²) in [5, 5.41) is 0. The molecule has 0 aromatic carbocycles. The molecule has 9 nitrogen and oxygen atoms in total. The van der Waals surface area contributed by atoms with Crippen LogP contribution in [0.1, 0.15) is 296 Å². The van der Waals surface area contributed by atoms with Gasteiger partial charge in [0.15, 0.2) is 6.10 Å². The fourth-order valence-electron chi connectivity index (χ4n) is 9.21. The van der Waals surface area contributed by atoms with Crippen LogP contribution in [0, 0.1) is 0 Å². The molecule has 0 radical (unpaired) electrons. The topological polar surface area (TPSA) is 111 Å². The lowest BCUT2D eigenvalue weighted by Crippen LogP contribution is -2.37. The summed E-state index contributed by atoms with van der Waals surface area (Å²) in [6.45, 7) is 4.16. The summed E-state index contributed by atoms with van der Waals surface area (Å²) in [4.78, 5) is 38.0. The van der Waals surface area contributed by atoms with Crippen molar-refractivity contribution >= 4 is 19.8 Å². The van der Waals surface area contributed by atoms with E-state index in [1.165, 1.54) is 193 Å². The third-order valence-electron chi connectivity index (χ3n) is 14.2. The molecule has 2 atom stereocenters. The fraction of sp³-hybridized carbons (Fsp3) is 0.794. The summed E-state index contributed by atoms with van der Waals surface area (Å²) in [5.41, 5.74) is 0. The molecule has 0 aliphatic carbocycles. The van der Waals surface area contributed by atoms with Crippen LogP contribution in [0.15, 0.2) is 72.9 Å². The lowest BCUT2D eigenvalue weighted by molar-refractivity contribution is -0.870. The van der Waals surface area contributed by atoms with Crippen molar-refractivity contribution in [1.29, 1.82) is 0 Å². The van der Waals surface area contributed by atoms with E-state index in [0.29, 0.717) is 17.4 Å².